The Labute approximate surface area is 141 Å². The van der Waals surface area contributed by atoms with Crippen LogP contribution < -0.4 is 5.32 Å². The molecule has 1 aromatic carbocycles. The first kappa shape index (κ1) is 16.1. The zero-order chi connectivity index (χ0) is 16.4. The van der Waals surface area contributed by atoms with Crippen molar-refractivity contribution < 1.29 is 4.79 Å². The largest absolute Gasteiger partial charge is 0.349 e. The summed E-state index contributed by atoms with van der Waals surface area (Å²) in [6.45, 7) is 6.22. The number of hydrogen-bond donors (Lipinski definition) is 1. The maximum Gasteiger partial charge on any atom is 0.230 e. The molecular weight excluding hydrogens is 306 g/mol. The molecule has 1 aliphatic carbocycles. The fourth-order valence-corrected chi connectivity index (χ4v) is 3.41. The van der Waals surface area contributed by atoms with Gasteiger partial charge in [-0.25, -0.2) is 4.98 Å². The fraction of sp³-hybridized carbons (Fsp3) is 0.444. The van der Waals surface area contributed by atoms with Crippen molar-refractivity contribution in [1.29, 1.82) is 0 Å². The van der Waals surface area contributed by atoms with Crippen LogP contribution in [-0.2, 0) is 4.79 Å². The van der Waals surface area contributed by atoms with E-state index in [1.807, 2.05) is 19.3 Å². The molecule has 4 nitrogen and oxygen atoms in total. The van der Waals surface area contributed by atoms with Gasteiger partial charge >= 0.3 is 0 Å². The number of thioether (sulfide) groups is 1. The Bertz CT molecular complexity index is 706. The predicted octanol–water partition coefficient (Wildman–Crippen LogP) is 3.80. The number of nitrogens with one attached hydrogen (secondary N) is 1. The molecule has 2 aromatic rings. The van der Waals surface area contributed by atoms with Crippen LogP contribution in [0, 0.1) is 13.8 Å². The molecule has 1 unspecified atom stereocenters. The van der Waals surface area contributed by atoms with Crippen LogP contribution in [0.25, 0.3) is 0 Å². The van der Waals surface area contributed by atoms with Gasteiger partial charge in [0.1, 0.15) is 0 Å². The third-order valence-corrected chi connectivity index (χ3v) is 5.30. The molecule has 3 rings (SSSR count). The summed E-state index contributed by atoms with van der Waals surface area (Å²) in [6, 6.07) is 6.95. The van der Waals surface area contributed by atoms with Gasteiger partial charge in [0.05, 0.1) is 11.8 Å². The monoisotopic (exact) mass is 329 g/mol. The zero-order valence-electron chi connectivity index (χ0n) is 13.9. The molecule has 1 amide bonds. The van der Waals surface area contributed by atoms with Crippen molar-refractivity contribution in [2.75, 3.05) is 5.75 Å². The highest BCUT2D eigenvalue weighted by atomic mass is 32.2. The first-order valence-corrected chi connectivity index (χ1v) is 9.05. The second-order valence-electron chi connectivity index (χ2n) is 6.27. The number of aryl methyl sites for hydroxylation is 2. The van der Waals surface area contributed by atoms with E-state index >= 15 is 0 Å². The Hall–Kier alpha value is -1.75. The van der Waals surface area contributed by atoms with Crippen LogP contribution in [0.15, 0.2) is 35.7 Å². The molecule has 5 heteroatoms. The van der Waals surface area contributed by atoms with Crippen molar-refractivity contribution in [3.05, 3.63) is 47.3 Å². The third-order valence-electron chi connectivity index (χ3n) is 4.31. The van der Waals surface area contributed by atoms with Crippen molar-refractivity contribution in [3.63, 3.8) is 0 Å². The van der Waals surface area contributed by atoms with Crippen molar-refractivity contribution >= 4 is 17.7 Å². The minimum absolute atomic E-state index is 0.0191. The van der Waals surface area contributed by atoms with Crippen molar-refractivity contribution in [2.45, 2.75) is 50.9 Å². The second-order valence-corrected chi connectivity index (χ2v) is 7.21. The lowest BCUT2D eigenvalue weighted by molar-refractivity contribution is -0.119. The Kier molecular flexibility index (Phi) is 4.76. The molecule has 0 aliphatic heterocycles. The van der Waals surface area contributed by atoms with Crippen LogP contribution in [0.1, 0.15) is 48.5 Å². The van der Waals surface area contributed by atoms with Gasteiger partial charge in [-0.3, -0.25) is 4.79 Å². The van der Waals surface area contributed by atoms with Gasteiger partial charge in [-0.05, 0) is 50.3 Å². The highest BCUT2D eigenvalue weighted by molar-refractivity contribution is 7.99. The molecule has 1 N–H and O–H groups in total. The molecule has 122 valence electrons. The van der Waals surface area contributed by atoms with Crippen LogP contribution in [-0.4, -0.2) is 21.2 Å². The average Bonchev–Trinajstić information content (AvgIpc) is 3.26. The molecule has 0 saturated heterocycles. The number of amides is 1. The Balaban J connectivity index is 1.54. The fourth-order valence-electron chi connectivity index (χ4n) is 2.57. The maximum absolute atomic E-state index is 12.2. The summed E-state index contributed by atoms with van der Waals surface area (Å²) in [6.07, 6.45) is 6.27. The molecule has 1 aliphatic rings. The summed E-state index contributed by atoms with van der Waals surface area (Å²) in [5.41, 5.74) is 3.67. The standard InChI is InChI=1S/C18H23N3OS/c1-12-4-5-15(10-13(12)2)14(3)20-17(22)11-23-18-19-8-9-21(18)16-6-7-16/h4-5,8-10,14,16H,6-7,11H2,1-3H3,(H,20,22). The van der Waals surface area contributed by atoms with Crippen molar-refractivity contribution in [2.24, 2.45) is 0 Å². The van der Waals surface area contributed by atoms with Gasteiger partial charge in [0.2, 0.25) is 5.91 Å². The molecular formula is C18H23N3OS. The first-order valence-electron chi connectivity index (χ1n) is 8.06. The van der Waals surface area contributed by atoms with E-state index in [4.69, 9.17) is 0 Å². The predicted molar refractivity (Wildman–Crippen MR) is 93.7 cm³/mol. The maximum atomic E-state index is 12.2. The van der Waals surface area contributed by atoms with Gasteiger partial charge in [0.15, 0.2) is 5.16 Å². The number of nitrogens with zero attached hydrogens (tertiary/aromatic N) is 2. The van der Waals surface area contributed by atoms with E-state index in [-0.39, 0.29) is 11.9 Å². The highest BCUT2D eigenvalue weighted by Gasteiger charge is 2.25. The van der Waals surface area contributed by atoms with E-state index in [0.29, 0.717) is 11.8 Å². The van der Waals surface area contributed by atoms with E-state index in [2.05, 4.69) is 46.9 Å². The van der Waals surface area contributed by atoms with Crippen LogP contribution in [0.2, 0.25) is 0 Å². The number of rotatable bonds is 6. The number of hydrogen-bond acceptors (Lipinski definition) is 3. The molecule has 23 heavy (non-hydrogen) atoms. The lowest BCUT2D eigenvalue weighted by atomic mass is 10.0. The van der Waals surface area contributed by atoms with E-state index in [1.54, 1.807) is 0 Å². The van der Waals surface area contributed by atoms with Gasteiger partial charge < -0.3 is 9.88 Å². The molecule has 0 spiro atoms. The average molecular weight is 329 g/mol. The van der Waals surface area contributed by atoms with Gasteiger partial charge in [-0.2, -0.15) is 0 Å². The van der Waals surface area contributed by atoms with Gasteiger partial charge in [-0.1, -0.05) is 30.0 Å². The summed E-state index contributed by atoms with van der Waals surface area (Å²) < 4.78 is 2.19. The normalized spacial score (nSPS) is 15.4. The van der Waals surface area contributed by atoms with Gasteiger partial charge in [-0.15, -0.1) is 0 Å². The third kappa shape index (κ3) is 3.96. The van der Waals surface area contributed by atoms with E-state index in [1.165, 1.54) is 35.7 Å². The molecule has 1 heterocycles. The summed E-state index contributed by atoms with van der Waals surface area (Å²) in [7, 11) is 0. The van der Waals surface area contributed by atoms with Crippen LogP contribution >= 0.6 is 11.8 Å². The molecule has 0 radical (unpaired) electrons. The SMILES string of the molecule is Cc1ccc(C(C)NC(=O)CSc2nccn2C2CC2)cc1C. The topological polar surface area (TPSA) is 46.9 Å². The Morgan fingerprint density at radius 3 is 2.87 bits per heavy atom. The summed E-state index contributed by atoms with van der Waals surface area (Å²) >= 11 is 1.51. The minimum Gasteiger partial charge on any atom is -0.349 e. The second kappa shape index (κ2) is 6.79. The summed E-state index contributed by atoms with van der Waals surface area (Å²) in [4.78, 5) is 16.6. The Morgan fingerprint density at radius 2 is 2.17 bits per heavy atom. The Morgan fingerprint density at radius 1 is 1.39 bits per heavy atom. The molecule has 1 aromatic heterocycles. The lowest BCUT2D eigenvalue weighted by Crippen LogP contribution is -2.28. The van der Waals surface area contributed by atoms with E-state index < -0.39 is 0 Å². The van der Waals surface area contributed by atoms with Crippen LogP contribution in [0.5, 0.6) is 0 Å². The number of aromatic nitrogens is 2. The van der Waals surface area contributed by atoms with Crippen LogP contribution in [0.4, 0.5) is 0 Å². The summed E-state index contributed by atoms with van der Waals surface area (Å²) in [5, 5.41) is 4.02. The minimum atomic E-state index is 0.0191. The summed E-state index contributed by atoms with van der Waals surface area (Å²) in [5.74, 6) is 0.449. The number of carbonyl (C=O) groups is 1. The van der Waals surface area contributed by atoms with Crippen LogP contribution in [0.3, 0.4) is 0 Å². The number of imidazole rings is 1. The highest BCUT2D eigenvalue weighted by Crippen LogP contribution is 2.37. The first-order chi connectivity index (χ1) is 11.0. The lowest BCUT2D eigenvalue weighted by Gasteiger charge is -2.15. The zero-order valence-corrected chi connectivity index (χ0v) is 14.7. The van der Waals surface area contributed by atoms with Gasteiger partial charge in [0.25, 0.3) is 0 Å². The molecule has 0 bridgehead atoms. The quantitative estimate of drug-likeness (QED) is 0.820. The smallest absolute Gasteiger partial charge is 0.230 e. The number of carbonyl (C=O) groups excluding carboxylic acids is 1. The van der Waals surface area contributed by atoms with E-state index in [9.17, 15) is 4.79 Å². The van der Waals surface area contributed by atoms with Crippen molar-refractivity contribution in [1.82, 2.24) is 14.9 Å². The number of benzene rings is 1. The molecule has 1 atom stereocenters. The van der Waals surface area contributed by atoms with Gasteiger partial charge in [0, 0.05) is 18.4 Å². The van der Waals surface area contributed by atoms with Crippen molar-refractivity contribution in [3.8, 4) is 0 Å². The molecule has 1 fully saturated rings. The van der Waals surface area contributed by atoms with E-state index in [0.717, 1.165) is 10.7 Å². The molecule has 1 saturated carbocycles.